The molecule has 0 radical (unpaired) electrons. The zero-order chi connectivity index (χ0) is 15.5. The van der Waals surface area contributed by atoms with Crippen LogP contribution in [0.3, 0.4) is 0 Å². The minimum absolute atomic E-state index is 0.154. The second-order valence-corrected chi connectivity index (χ2v) is 6.95. The molecule has 1 aliphatic carbocycles. The molecule has 1 atom stereocenters. The Balaban J connectivity index is 2.20. The highest BCUT2D eigenvalue weighted by Gasteiger charge is 2.42. The van der Waals surface area contributed by atoms with Crippen molar-refractivity contribution in [1.29, 1.82) is 0 Å². The highest BCUT2D eigenvalue weighted by atomic mass is 79.9. The number of nitrogens with one attached hydrogen (secondary N) is 1. The number of ether oxygens (including phenoxy) is 1. The van der Waals surface area contributed by atoms with E-state index in [9.17, 15) is 0 Å². The first-order chi connectivity index (χ1) is 10.0. The average Bonchev–Trinajstić information content (AvgIpc) is 2.95. The van der Waals surface area contributed by atoms with Crippen LogP contribution in [0.1, 0.15) is 31.2 Å². The summed E-state index contributed by atoms with van der Waals surface area (Å²) in [5.74, 6) is 6.76. The number of benzene rings is 1. The van der Waals surface area contributed by atoms with Crippen molar-refractivity contribution in [3.8, 4) is 5.75 Å². The van der Waals surface area contributed by atoms with Gasteiger partial charge in [-0.1, -0.05) is 18.9 Å². The maximum Gasteiger partial charge on any atom is 0.133 e. The van der Waals surface area contributed by atoms with Crippen molar-refractivity contribution >= 4 is 15.9 Å². The van der Waals surface area contributed by atoms with Crippen LogP contribution in [0, 0.1) is 0 Å². The van der Waals surface area contributed by atoms with Gasteiger partial charge in [0.2, 0.25) is 0 Å². The molecule has 1 aliphatic rings. The van der Waals surface area contributed by atoms with Crippen molar-refractivity contribution in [1.82, 2.24) is 10.3 Å². The molecule has 1 unspecified atom stereocenters. The van der Waals surface area contributed by atoms with Crippen LogP contribution in [-0.2, 0) is 6.42 Å². The van der Waals surface area contributed by atoms with Gasteiger partial charge in [-0.05, 0) is 67.0 Å². The Bertz CT molecular complexity index is 473. The predicted molar refractivity (Wildman–Crippen MR) is 90.4 cm³/mol. The van der Waals surface area contributed by atoms with Crippen LogP contribution in [0.5, 0.6) is 5.75 Å². The first-order valence-electron chi connectivity index (χ1n) is 7.49. The average molecular weight is 356 g/mol. The summed E-state index contributed by atoms with van der Waals surface area (Å²) in [6.07, 6.45) is 5.88. The Kier molecular flexibility index (Phi) is 5.66. The zero-order valence-electron chi connectivity index (χ0n) is 13.2. The quantitative estimate of drug-likeness (QED) is 0.608. The van der Waals surface area contributed by atoms with E-state index in [4.69, 9.17) is 10.6 Å². The van der Waals surface area contributed by atoms with E-state index in [1.54, 1.807) is 7.11 Å². The van der Waals surface area contributed by atoms with Crippen LogP contribution >= 0.6 is 15.9 Å². The van der Waals surface area contributed by atoms with Gasteiger partial charge in [-0.25, -0.2) is 0 Å². The summed E-state index contributed by atoms with van der Waals surface area (Å²) >= 11 is 3.56. The van der Waals surface area contributed by atoms with Crippen molar-refractivity contribution < 1.29 is 4.74 Å². The molecule has 1 fully saturated rings. The van der Waals surface area contributed by atoms with Crippen molar-refractivity contribution in [2.45, 2.75) is 43.7 Å². The van der Waals surface area contributed by atoms with Gasteiger partial charge >= 0.3 is 0 Å². The van der Waals surface area contributed by atoms with Crippen LogP contribution in [0.15, 0.2) is 22.7 Å². The number of hydrogen-bond donors (Lipinski definition) is 2. The Morgan fingerprint density at radius 2 is 2.05 bits per heavy atom. The van der Waals surface area contributed by atoms with Gasteiger partial charge in [0.1, 0.15) is 5.75 Å². The van der Waals surface area contributed by atoms with E-state index in [-0.39, 0.29) is 11.6 Å². The van der Waals surface area contributed by atoms with Crippen molar-refractivity contribution in [3.63, 3.8) is 0 Å². The lowest BCUT2D eigenvalue weighted by molar-refractivity contribution is 0.104. The Morgan fingerprint density at radius 1 is 1.38 bits per heavy atom. The molecule has 2 rings (SSSR count). The predicted octanol–water partition coefficient (Wildman–Crippen LogP) is 2.71. The molecule has 1 aromatic carbocycles. The number of methoxy groups -OCH3 is 1. The van der Waals surface area contributed by atoms with Crippen LogP contribution in [0.25, 0.3) is 0 Å². The topological polar surface area (TPSA) is 50.5 Å². The molecule has 1 aromatic rings. The number of halogens is 1. The molecular weight excluding hydrogens is 330 g/mol. The monoisotopic (exact) mass is 355 g/mol. The van der Waals surface area contributed by atoms with E-state index in [1.165, 1.54) is 31.2 Å². The van der Waals surface area contributed by atoms with Gasteiger partial charge in [0, 0.05) is 11.6 Å². The molecule has 0 aromatic heterocycles. The van der Waals surface area contributed by atoms with Crippen LogP contribution in [0.2, 0.25) is 0 Å². The second kappa shape index (κ2) is 7.09. The van der Waals surface area contributed by atoms with Crippen LogP contribution in [-0.4, -0.2) is 37.7 Å². The first-order valence-corrected chi connectivity index (χ1v) is 8.29. The van der Waals surface area contributed by atoms with Gasteiger partial charge < -0.3 is 9.64 Å². The van der Waals surface area contributed by atoms with Gasteiger partial charge in [-0.2, -0.15) is 0 Å². The molecule has 5 heteroatoms. The summed E-state index contributed by atoms with van der Waals surface area (Å²) in [6.45, 7) is 0. The van der Waals surface area contributed by atoms with Crippen molar-refractivity contribution in [2.75, 3.05) is 21.2 Å². The standard InChI is InChI=1S/C16H26BrN3O/c1-20(2)16(8-4-5-9-16)15(19-18)11-12-6-7-14(21-3)13(17)10-12/h6-7,10,15,19H,4-5,8-9,11,18H2,1-3H3. The molecule has 21 heavy (non-hydrogen) atoms. The van der Waals surface area contributed by atoms with Gasteiger partial charge in [0.05, 0.1) is 11.6 Å². The Hall–Kier alpha value is -0.620. The lowest BCUT2D eigenvalue weighted by atomic mass is 9.83. The normalized spacial score (nSPS) is 19.0. The summed E-state index contributed by atoms with van der Waals surface area (Å²) in [5.41, 5.74) is 4.49. The van der Waals surface area contributed by atoms with Crippen LogP contribution < -0.4 is 16.0 Å². The second-order valence-electron chi connectivity index (χ2n) is 6.10. The van der Waals surface area contributed by atoms with Crippen molar-refractivity contribution in [3.05, 3.63) is 28.2 Å². The fourth-order valence-electron chi connectivity index (χ4n) is 3.57. The molecule has 0 amide bonds. The zero-order valence-corrected chi connectivity index (χ0v) is 14.7. The van der Waals surface area contributed by atoms with Crippen LogP contribution in [0.4, 0.5) is 0 Å². The van der Waals surface area contributed by atoms with Gasteiger partial charge in [-0.3, -0.25) is 11.3 Å². The fraction of sp³-hybridized carbons (Fsp3) is 0.625. The largest absolute Gasteiger partial charge is 0.496 e. The molecule has 0 heterocycles. The van der Waals surface area contributed by atoms with Gasteiger partial charge in [-0.15, -0.1) is 0 Å². The molecule has 4 nitrogen and oxygen atoms in total. The number of hydrogen-bond acceptors (Lipinski definition) is 4. The number of nitrogens with two attached hydrogens (primary N) is 1. The summed E-state index contributed by atoms with van der Waals surface area (Å²) in [4.78, 5) is 2.35. The maximum absolute atomic E-state index is 5.90. The number of rotatable bonds is 6. The molecule has 1 saturated carbocycles. The summed E-state index contributed by atoms with van der Waals surface area (Å²) in [6, 6.07) is 6.49. The van der Waals surface area contributed by atoms with E-state index in [1.807, 2.05) is 6.07 Å². The number of hydrazine groups is 1. The number of nitrogens with zero attached hydrogens (tertiary/aromatic N) is 1. The summed E-state index contributed by atoms with van der Waals surface area (Å²) < 4.78 is 6.28. The van der Waals surface area contributed by atoms with E-state index in [0.717, 1.165) is 16.6 Å². The Morgan fingerprint density at radius 3 is 2.52 bits per heavy atom. The minimum Gasteiger partial charge on any atom is -0.496 e. The lowest BCUT2D eigenvalue weighted by Crippen LogP contribution is -2.60. The summed E-state index contributed by atoms with van der Waals surface area (Å²) in [7, 11) is 6.02. The molecule has 118 valence electrons. The first kappa shape index (κ1) is 16.7. The maximum atomic E-state index is 5.90. The highest BCUT2D eigenvalue weighted by Crippen LogP contribution is 2.38. The summed E-state index contributed by atoms with van der Waals surface area (Å²) in [5, 5.41) is 0. The van der Waals surface area contributed by atoms with E-state index in [2.05, 4.69) is 52.5 Å². The molecular formula is C16H26BrN3O. The molecule has 0 saturated heterocycles. The van der Waals surface area contributed by atoms with Crippen molar-refractivity contribution in [2.24, 2.45) is 5.84 Å². The van der Waals surface area contributed by atoms with Gasteiger partial charge in [0.15, 0.2) is 0 Å². The minimum atomic E-state index is 0.154. The van der Waals surface area contributed by atoms with E-state index in [0.29, 0.717) is 0 Å². The molecule has 3 N–H and O–H groups in total. The third-order valence-corrected chi connectivity index (χ3v) is 5.49. The SMILES string of the molecule is COc1ccc(CC(NN)C2(N(C)C)CCCC2)cc1Br. The fourth-order valence-corrected chi connectivity index (χ4v) is 4.16. The number of likely N-dealkylation sites (N-methyl/N-ethyl adjacent to an activating group) is 1. The smallest absolute Gasteiger partial charge is 0.133 e. The third kappa shape index (κ3) is 3.42. The molecule has 0 spiro atoms. The highest BCUT2D eigenvalue weighted by molar-refractivity contribution is 9.10. The lowest BCUT2D eigenvalue weighted by Gasteiger charge is -2.43. The van der Waals surface area contributed by atoms with E-state index < -0.39 is 0 Å². The van der Waals surface area contributed by atoms with Gasteiger partial charge in [0.25, 0.3) is 0 Å². The third-order valence-electron chi connectivity index (χ3n) is 4.87. The molecule has 0 aliphatic heterocycles. The Labute approximate surface area is 136 Å². The molecule has 0 bridgehead atoms. The van der Waals surface area contributed by atoms with E-state index >= 15 is 0 Å².